The Labute approximate surface area is 173 Å². The predicted molar refractivity (Wildman–Crippen MR) is 107 cm³/mol. The highest BCUT2D eigenvalue weighted by molar-refractivity contribution is 9.10. The summed E-state index contributed by atoms with van der Waals surface area (Å²) in [5.41, 5.74) is 1.75. The van der Waals surface area contributed by atoms with E-state index in [-0.39, 0.29) is 18.0 Å². The van der Waals surface area contributed by atoms with Crippen LogP contribution in [0.25, 0.3) is 11.5 Å². The third-order valence-electron chi connectivity index (χ3n) is 4.03. The van der Waals surface area contributed by atoms with Gasteiger partial charge in [0.25, 0.3) is 5.22 Å². The molecule has 1 N–H and O–H groups in total. The van der Waals surface area contributed by atoms with Gasteiger partial charge in [-0.25, -0.2) is 0 Å². The zero-order valence-corrected chi connectivity index (χ0v) is 17.2. The van der Waals surface area contributed by atoms with Crippen molar-refractivity contribution in [1.29, 1.82) is 0 Å². The first-order valence-electron chi connectivity index (χ1n) is 8.51. The van der Waals surface area contributed by atoms with Gasteiger partial charge in [-0.15, -0.1) is 10.2 Å². The molecule has 9 heteroatoms. The van der Waals surface area contributed by atoms with E-state index in [4.69, 9.17) is 13.9 Å². The number of nitrogens with one attached hydrogen (secondary N) is 1. The first-order chi connectivity index (χ1) is 13.6. The van der Waals surface area contributed by atoms with Crippen LogP contribution < -0.4 is 14.8 Å². The Morgan fingerprint density at radius 2 is 2.07 bits per heavy atom. The van der Waals surface area contributed by atoms with Crippen LogP contribution in [0.3, 0.4) is 0 Å². The van der Waals surface area contributed by atoms with Crippen LogP contribution in [0.1, 0.15) is 12.5 Å². The molecule has 0 radical (unpaired) electrons. The number of fused-ring (bicyclic) bond motifs is 1. The Hall–Kier alpha value is -2.52. The summed E-state index contributed by atoms with van der Waals surface area (Å²) in [4.78, 5) is 12.4. The van der Waals surface area contributed by atoms with Crippen molar-refractivity contribution in [3.63, 3.8) is 0 Å². The average molecular weight is 462 g/mol. The van der Waals surface area contributed by atoms with Crippen molar-refractivity contribution in [2.24, 2.45) is 0 Å². The lowest BCUT2D eigenvalue weighted by atomic mass is 10.2. The maximum Gasteiger partial charge on any atom is 0.277 e. The highest BCUT2D eigenvalue weighted by Gasteiger charge is 2.19. The number of benzene rings is 2. The molecule has 2 aromatic carbocycles. The fourth-order valence-corrected chi connectivity index (χ4v) is 3.69. The van der Waals surface area contributed by atoms with Crippen molar-refractivity contribution in [3.05, 3.63) is 52.5 Å². The second-order valence-corrected chi connectivity index (χ2v) is 8.26. The zero-order chi connectivity index (χ0) is 19.5. The van der Waals surface area contributed by atoms with Gasteiger partial charge in [-0.05, 0) is 42.8 Å². The third kappa shape index (κ3) is 4.31. The van der Waals surface area contributed by atoms with Crippen LogP contribution in [0.5, 0.6) is 11.5 Å². The molecule has 2 heterocycles. The van der Waals surface area contributed by atoms with Gasteiger partial charge < -0.3 is 19.2 Å². The lowest BCUT2D eigenvalue weighted by molar-refractivity contribution is -0.120. The molecule has 0 unspecified atom stereocenters. The lowest BCUT2D eigenvalue weighted by Gasteiger charge is -2.10. The number of halogens is 1. The summed E-state index contributed by atoms with van der Waals surface area (Å²) in [6, 6.07) is 13.2. The van der Waals surface area contributed by atoms with Crippen molar-refractivity contribution < 1.29 is 18.7 Å². The number of nitrogens with zero attached hydrogens (tertiary/aromatic N) is 2. The molecule has 7 nitrogen and oxygen atoms in total. The molecule has 1 aliphatic rings. The number of carbonyl (C=O) groups excluding carboxylic acids is 1. The van der Waals surface area contributed by atoms with Crippen LogP contribution >= 0.6 is 27.7 Å². The second kappa shape index (κ2) is 8.24. The normalized spacial score (nSPS) is 13.4. The number of ether oxygens (including phenoxy) is 2. The number of rotatable bonds is 6. The number of hydrogen-bond acceptors (Lipinski definition) is 7. The molecule has 0 aliphatic carbocycles. The van der Waals surface area contributed by atoms with Crippen LogP contribution in [0.2, 0.25) is 0 Å². The van der Waals surface area contributed by atoms with Gasteiger partial charge in [0.15, 0.2) is 11.5 Å². The van der Waals surface area contributed by atoms with Crippen molar-refractivity contribution in [3.8, 4) is 23.0 Å². The van der Waals surface area contributed by atoms with E-state index in [1.165, 1.54) is 11.8 Å². The maximum atomic E-state index is 12.4. The Morgan fingerprint density at radius 3 is 2.93 bits per heavy atom. The van der Waals surface area contributed by atoms with E-state index in [0.29, 0.717) is 23.4 Å². The van der Waals surface area contributed by atoms with Gasteiger partial charge in [-0.3, -0.25) is 4.79 Å². The number of aromatic nitrogens is 2. The molecule has 1 aliphatic heterocycles. The molecule has 3 aromatic rings. The largest absolute Gasteiger partial charge is 0.454 e. The summed E-state index contributed by atoms with van der Waals surface area (Å²) in [6.07, 6.45) is 0. The monoisotopic (exact) mass is 461 g/mol. The van der Waals surface area contributed by atoms with E-state index >= 15 is 0 Å². The van der Waals surface area contributed by atoms with E-state index < -0.39 is 0 Å². The minimum Gasteiger partial charge on any atom is -0.454 e. The first kappa shape index (κ1) is 18.8. The van der Waals surface area contributed by atoms with E-state index in [1.54, 1.807) is 6.92 Å². The summed E-state index contributed by atoms with van der Waals surface area (Å²) >= 11 is 4.63. The Bertz CT molecular complexity index is 1010. The van der Waals surface area contributed by atoms with Crippen LogP contribution in [0, 0.1) is 0 Å². The van der Waals surface area contributed by atoms with Crippen molar-refractivity contribution in [2.45, 2.75) is 23.9 Å². The van der Waals surface area contributed by atoms with Gasteiger partial charge in [-0.2, -0.15) is 0 Å². The standard InChI is InChI=1S/C19H16BrN3O4S/c1-11(17(24)21-9-12-5-6-15-16(7-12)26-10-25-15)28-19-23-22-18(27-19)13-3-2-4-14(20)8-13/h2-8,11H,9-10H2,1H3,(H,21,24)/t11-/m1/s1. The van der Waals surface area contributed by atoms with E-state index in [0.717, 1.165) is 21.3 Å². The molecular formula is C19H16BrN3O4S. The Morgan fingerprint density at radius 1 is 1.21 bits per heavy atom. The summed E-state index contributed by atoms with van der Waals surface area (Å²) in [5.74, 6) is 1.71. The van der Waals surface area contributed by atoms with Crippen molar-refractivity contribution in [2.75, 3.05) is 6.79 Å². The molecule has 0 saturated carbocycles. The molecule has 0 saturated heterocycles. The summed E-state index contributed by atoms with van der Waals surface area (Å²) in [5, 5.41) is 10.9. The summed E-state index contributed by atoms with van der Waals surface area (Å²) < 4.78 is 17.2. The number of thioether (sulfide) groups is 1. The zero-order valence-electron chi connectivity index (χ0n) is 14.8. The smallest absolute Gasteiger partial charge is 0.277 e. The topological polar surface area (TPSA) is 86.5 Å². The summed E-state index contributed by atoms with van der Waals surface area (Å²) in [7, 11) is 0. The number of amides is 1. The fourth-order valence-electron chi connectivity index (χ4n) is 2.58. The van der Waals surface area contributed by atoms with Gasteiger partial charge in [-0.1, -0.05) is 39.8 Å². The predicted octanol–water partition coefficient (Wildman–Crippen LogP) is 4.02. The minimum absolute atomic E-state index is 0.120. The minimum atomic E-state index is -0.384. The van der Waals surface area contributed by atoms with E-state index in [1.807, 2.05) is 42.5 Å². The van der Waals surface area contributed by atoms with Gasteiger partial charge in [0, 0.05) is 16.6 Å². The van der Waals surface area contributed by atoms with E-state index in [9.17, 15) is 4.79 Å². The van der Waals surface area contributed by atoms with Crippen LogP contribution in [0.4, 0.5) is 0 Å². The van der Waals surface area contributed by atoms with Gasteiger partial charge >= 0.3 is 0 Å². The molecule has 1 atom stereocenters. The highest BCUT2D eigenvalue weighted by Crippen LogP contribution is 2.32. The van der Waals surface area contributed by atoms with Gasteiger partial charge in [0.2, 0.25) is 18.6 Å². The second-order valence-electron chi connectivity index (χ2n) is 6.05. The lowest BCUT2D eigenvalue weighted by Crippen LogP contribution is -2.30. The SMILES string of the molecule is C[C@@H](Sc1nnc(-c2cccc(Br)c2)o1)C(=O)NCc1ccc2c(c1)OCO2. The van der Waals surface area contributed by atoms with Crippen molar-refractivity contribution in [1.82, 2.24) is 15.5 Å². The highest BCUT2D eigenvalue weighted by atomic mass is 79.9. The van der Waals surface area contributed by atoms with Gasteiger partial charge in [0.1, 0.15) is 0 Å². The molecule has 0 bridgehead atoms. The van der Waals surface area contributed by atoms with Crippen molar-refractivity contribution >= 4 is 33.6 Å². The van der Waals surface area contributed by atoms with Gasteiger partial charge in [0.05, 0.1) is 5.25 Å². The molecular weight excluding hydrogens is 446 g/mol. The maximum absolute atomic E-state index is 12.4. The molecule has 4 rings (SSSR count). The van der Waals surface area contributed by atoms with Crippen LogP contribution in [-0.4, -0.2) is 28.1 Å². The first-order valence-corrected chi connectivity index (χ1v) is 10.2. The third-order valence-corrected chi connectivity index (χ3v) is 5.46. The fraction of sp³-hybridized carbons (Fsp3) is 0.211. The molecule has 28 heavy (non-hydrogen) atoms. The summed E-state index contributed by atoms with van der Waals surface area (Å²) in [6.45, 7) is 2.42. The average Bonchev–Trinajstić information content (AvgIpc) is 3.35. The molecule has 0 fully saturated rings. The number of carbonyl (C=O) groups is 1. The Kier molecular flexibility index (Phi) is 5.54. The molecule has 0 spiro atoms. The Balaban J connectivity index is 1.33. The molecule has 144 valence electrons. The van der Waals surface area contributed by atoms with E-state index in [2.05, 4.69) is 31.4 Å². The van der Waals surface area contributed by atoms with Crippen LogP contribution in [-0.2, 0) is 11.3 Å². The number of hydrogen-bond donors (Lipinski definition) is 1. The molecule has 1 aromatic heterocycles. The van der Waals surface area contributed by atoms with Crippen LogP contribution in [0.15, 0.2) is 56.6 Å². The quantitative estimate of drug-likeness (QED) is 0.554. The molecule has 1 amide bonds.